The van der Waals surface area contributed by atoms with Crippen LogP contribution < -0.4 is 10.6 Å². The first-order valence-electron chi connectivity index (χ1n) is 10.1. The molecule has 1 aromatic carbocycles. The quantitative estimate of drug-likeness (QED) is 0.746. The molecule has 1 heterocycles. The molecule has 3 rings (SSSR count). The average Bonchev–Trinajstić information content (AvgIpc) is 3.08. The van der Waals surface area contributed by atoms with Crippen molar-refractivity contribution >= 4 is 28.9 Å². The predicted octanol–water partition coefficient (Wildman–Crippen LogP) is 3.68. The Balaban J connectivity index is 1.51. The lowest BCUT2D eigenvalue weighted by molar-refractivity contribution is -0.153. The SMILES string of the molecule is Cc1ccc2c(CC(=O)O[C@@H](C)C(=O)NC(=O)NC3CCCCC3)coc2c1C. The standard InChI is InChI=1S/C22H28N2O5/c1-13-9-10-18-16(12-28-20(18)14(13)2)11-19(25)29-15(3)21(26)24-22(27)23-17-7-5-4-6-8-17/h9-10,12,15,17H,4-8,11H2,1-3H3,(H2,23,24,26,27)/t15-/m0/s1. The van der Waals surface area contributed by atoms with Crippen molar-refractivity contribution in [3.05, 3.63) is 35.1 Å². The Morgan fingerprint density at radius 1 is 1.17 bits per heavy atom. The van der Waals surface area contributed by atoms with E-state index < -0.39 is 24.0 Å². The molecule has 0 radical (unpaired) electrons. The third kappa shape index (κ3) is 5.16. The van der Waals surface area contributed by atoms with E-state index in [0.717, 1.165) is 47.8 Å². The van der Waals surface area contributed by atoms with Crippen LogP contribution >= 0.6 is 0 Å². The van der Waals surface area contributed by atoms with Crippen LogP contribution in [0, 0.1) is 13.8 Å². The molecule has 0 spiro atoms. The molecule has 29 heavy (non-hydrogen) atoms. The average molecular weight is 400 g/mol. The Kier molecular flexibility index (Phi) is 6.56. The van der Waals surface area contributed by atoms with Gasteiger partial charge in [-0.25, -0.2) is 4.79 Å². The zero-order valence-corrected chi connectivity index (χ0v) is 17.2. The van der Waals surface area contributed by atoms with Crippen molar-refractivity contribution in [3.8, 4) is 0 Å². The highest BCUT2D eigenvalue weighted by Crippen LogP contribution is 2.27. The van der Waals surface area contributed by atoms with Crippen molar-refractivity contribution in [2.45, 2.75) is 71.4 Å². The van der Waals surface area contributed by atoms with Crippen molar-refractivity contribution in [3.63, 3.8) is 0 Å². The third-order valence-electron chi connectivity index (χ3n) is 5.53. The van der Waals surface area contributed by atoms with E-state index in [0.29, 0.717) is 5.56 Å². The normalized spacial score (nSPS) is 15.7. The minimum atomic E-state index is -1.07. The molecule has 0 bridgehead atoms. The molecule has 0 aliphatic heterocycles. The number of imide groups is 1. The maximum absolute atomic E-state index is 12.3. The van der Waals surface area contributed by atoms with Crippen molar-refractivity contribution in [1.29, 1.82) is 0 Å². The van der Waals surface area contributed by atoms with Crippen LogP contribution in [0.3, 0.4) is 0 Å². The number of furan rings is 1. The number of hydrogen-bond acceptors (Lipinski definition) is 5. The van der Waals surface area contributed by atoms with E-state index in [-0.39, 0.29) is 12.5 Å². The molecule has 1 aliphatic rings. The van der Waals surface area contributed by atoms with Gasteiger partial charge in [-0.05, 0) is 44.7 Å². The molecule has 7 heteroatoms. The van der Waals surface area contributed by atoms with Gasteiger partial charge in [-0.3, -0.25) is 14.9 Å². The smallest absolute Gasteiger partial charge is 0.321 e. The number of urea groups is 1. The maximum atomic E-state index is 12.3. The highest BCUT2D eigenvalue weighted by Gasteiger charge is 2.23. The summed E-state index contributed by atoms with van der Waals surface area (Å²) >= 11 is 0. The van der Waals surface area contributed by atoms with Gasteiger partial charge in [-0.1, -0.05) is 31.4 Å². The van der Waals surface area contributed by atoms with Gasteiger partial charge in [0.25, 0.3) is 5.91 Å². The van der Waals surface area contributed by atoms with Gasteiger partial charge < -0.3 is 14.5 Å². The van der Waals surface area contributed by atoms with Gasteiger partial charge in [0, 0.05) is 17.0 Å². The summed E-state index contributed by atoms with van der Waals surface area (Å²) < 4.78 is 10.8. The predicted molar refractivity (Wildman–Crippen MR) is 108 cm³/mol. The second-order valence-corrected chi connectivity index (χ2v) is 7.75. The number of hydrogen-bond donors (Lipinski definition) is 2. The Labute approximate surface area is 170 Å². The number of nitrogens with one attached hydrogen (secondary N) is 2. The first kappa shape index (κ1) is 20.9. The van der Waals surface area contributed by atoms with E-state index in [1.807, 2.05) is 26.0 Å². The summed E-state index contributed by atoms with van der Waals surface area (Å²) in [6.07, 6.45) is 5.64. The third-order valence-corrected chi connectivity index (χ3v) is 5.53. The summed E-state index contributed by atoms with van der Waals surface area (Å²) in [6.45, 7) is 5.41. The van der Waals surface area contributed by atoms with Crippen molar-refractivity contribution in [2.75, 3.05) is 0 Å². The van der Waals surface area contributed by atoms with Crippen LogP contribution in [-0.4, -0.2) is 30.1 Å². The second-order valence-electron chi connectivity index (χ2n) is 7.75. The minimum Gasteiger partial charge on any atom is -0.464 e. The van der Waals surface area contributed by atoms with E-state index in [1.54, 1.807) is 6.26 Å². The number of ether oxygens (including phenoxy) is 1. The lowest BCUT2D eigenvalue weighted by Gasteiger charge is -2.23. The van der Waals surface area contributed by atoms with Gasteiger partial charge in [0.05, 0.1) is 12.7 Å². The van der Waals surface area contributed by atoms with E-state index in [4.69, 9.17) is 9.15 Å². The maximum Gasteiger partial charge on any atom is 0.321 e. The van der Waals surface area contributed by atoms with Crippen LogP contribution in [0.1, 0.15) is 55.7 Å². The molecular formula is C22H28N2O5. The number of carbonyl (C=O) groups excluding carboxylic acids is 3. The number of esters is 1. The van der Waals surface area contributed by atoms with Crippen LogP contribution in [0.2, 0.25) is 0 Å². The fraction of sp³-hybridized carbons (Fsp3) is 0.500. The lowest BCUT2D eigenvalue weighted by atomic mass is 9.96. The van der Waals surface area contributed by atoms with Gasteiger partial charge in [-0.15, -0.1) is 0 Å². The van der Waals surface area contributed by atoms with Crippen LogP contribution in [0.15, 0.2) is 22.8 Å². The number of aryl methyl sites for hydroxylation is 2. The fourth-order valence-electron chi connectivity index (χ4n) is 3.66. The number of amides is 3. The second kappa shape index (κ2) is 9.11. The Hall–Kier alpha value is -2.83. The van der Waals surface area contributed by atoms with Crippen LogP contribution in [-0.2, 0) is 20.7 Å². The summed E-state index contributed by atoms with van der Waals surface area (Å²) in [5.41, 5.74) is 3.59. The highest BCUT2D eigenvalue weighted by molar-refractivity contribution is 5.97. The molecule has 1 atom stereocenters. The first-order chi connectivity index (χ1) is 13.8. The Morgan fingerprint density at radius 2 is 1.90 bits per heavy atom. The highest BCUT2D eigenvalue weighted by atomic mass is 16.5. The number of rotatable bonds is 5. The molecule has 0 unspecified atom stereocenters. The lowest BCUT2D eigenvalue weighted by Crippen LogP contribution is -2.48. The van der Waals surface area contributed by atoms with Gasteiger partial charge >= 0.3 is 12.0 Å². The van der Waals surface area contributed by atoms with Crippen molar-refractivity contribution in [1.82, 2.24) is 10.6 Å². The topological polar surface area (TPSA) is 97.6 Å². The molecule has 2 aromatic rings. The molecule has 0 saturated heterocycles. The molecule has 1 aromatic heterocycles. The number of fused-ring (bicyclic) bond motifs is 1. The molecule has 1 fully saturated rings. The van der Waals surface area contributed by atoms with Gasteiger partial charge in [0.15, 0.2) is 6.10 Å². The number of carbonyl (C=O) groups is 3. The van der Waals surface area contributed by atoms with E-state index >= 15 is 0 Å². The minimum absolute atomic E-state index is 0.0125. The summed E-state index contributed by atoms with van der Waals surface area (Å²) in [5, 5.41) is 5.91. The Morgan fingerprint density at radius 3 is 2.62 bits per heavy atom. The Bertz CT molecular complexity index is 911. The monoisotopic (exact) mass is 400 g/mol. The molecule has 3 amide bonds. The summed E-state index contributed by atoms with van der Waals surface area (Å²) in [5.74, 6) is -1.20. The molecular weight excluding hydrogens is 372 g/mol. The van der Waals surface area contributed by atoms with Crippen LogP contribution in [0.25, 0.3) is 11.0 Å². The van der Waals surface area contributed by atoms with E-state index in [9.17, 15) is 14.4 Å². The zero-order chi connectivity index (χ0) is 21.0. The fourth-order valence-corrected chi connectivity index (χ4v) is 3.66. The molecule has 7 nitrogen and oxygen atoms in total. The molecule has 156 valence electrons. The molecule has 1 saturated carbocycles. The van der Waals surface area contributed by atoms with E-state index in [1.165, 1.54) is 13.3 Å². The van der Waals surface area contributed by atoms with Crippen molar-refractivity contribution in [2.24, 2.45) is 0 Å². The van der Waals surface area contributed by atoms with Crippen molar-refractivity contribution < 1.29 is 23.5 Å². The van der Waals surface area contributed by atoms with Crippen LogP contribution in [0.5, 0.6) is 0 Å². The molecule has 1 aliphatic carbocycles. The largest absolute Gasteiger partial charge is 0.464 e. The first-order valence-corrected chi connectivity index (χ1v) is 10.1. The van der Waals surface area contributed by atoms with Crippen LogP contribution in [0.4, 0.5) is 4.79 Å². The van der Waals surface area contributed by atoms with E-state index in [2.05, 4.69) is 10.6 Å². The molecule has 2 N–H and O–H groups in total. The summed E-state index contributed by atoms with van der Waals surface area (Å²) in [7, 11) is 0. The zero-order valence-electron chi connectivity index (χ0n) is 17.2. The van der Waals surface area contributed by atoms with Gasteiger partial charge in [0.1, 0.15) is 5.58 Å². The summed E-state index contributed by atoms with van der Waals surface area (Å²) in [4.78, 5) is 36.4. The van der Waals surface area contributed by atoms with Gasteiger partial charge in [0.2, 0.25) is 0 Å². The van der Waals surface area contributed by atoms with Gasteiger partial charge in [-0.2, -0.15) is 0 Å². The summed E-state index contributed by atoms with van der Waals surface area (Å²) in [6, 6.07) is 3.44. The number of benzene rings is 1.